The highest BCUT2D eigenvalue weighted by Crippen LogP contribution is 2.31. The van der Waals surface area contributed by atoms with Crippen LogP contribution in [0.5, 0.6) is 5.75 Å². The van der Waals surface area contributed by atoms with Crippen LogP contribution in [0.1, 0.15) is 40.7 Å². The topological polar surface area (TPSA) is 125 Å². The van der Waals surface area contributed by atoms with Crippen molar-refractivity contribution in [3.63, 3.8) is 0 Å². The first-order valence-electron chi connectivity index (χ1n) is 12.3. The molecule has 37 heavy (non-hydrogen) atoms. The predicted octanol–water partition coefficient (Wildman–Crippen LogP) is 1.02. The van der Waals surface area contributed by atoms with Crippen molar-refractivity contribution < 1.29 is 27.5 Å². The second-order valence-electron chi connectivity index (χ2n) is 9.88. The monoisotopic (exact) mass is 526 g/mol. The van der Waals surface area contributed by atoms with Crippen LogP contribution < -0.4 is 14.8 Å². The molecular formula is C26H30N4O6S. The minimum atomic E-state index is -3.43. The SMILES string of the molecule is CS(=O)(=O)NC1CCN(Cc2ccccc2)CC1Oc1ccc2c(c1)CN(C1CCC(=O)NC1=O)C2=O. The van der Waals surface area contributed by atoms with Crippen molar-refractivity contribution >= 4 is 27.7 Å². The van der Waals surface area contributed by atoms with Crippen LogP contribution >= 0.6 is 0 Å². The molecule has 2 aromatic rings. The second kappa shape index (κ2) is 10.2. The maximum absolute atomic E-state index is 13.0. The average molecular weight is 527 g/mol. The van der Waals surface area contributed by atoms with E-state index >= 15 is 0 Å². The summed E-state index contributed by atoms with van der Waals surface area (Å²) in [7, 11) is -3.43. The van der Waals surface area contributed by atoms with Gasteiger partial charge in [-0.1, -0.05) is 30.3 Å². The Labute approximate surface area is 216 Å². The summed E-state index contributed by atoms with van der Waals surface area (Å²) in [5, 5.41) is 2.31. The summed E-state index contributed by atoms with van der Waals surface area (Å²) in [6.07, 6.45) is 1.79. The number of sulfonamides is 1. The molecule has 3 aliphatic heterocycles. The van der Waals surface area contributed by atoms with E-state index in [-0.39, 0.29) is 24.8 Å². The van der Waals surface area contributed by atoms with Crippen molar-refractivity contribution in [2.24, 2.45) is 0 Å². The third kappa shape index (κ3) is 5.84. The number of fused-ring (bicyclic) bond motifs is 1. The first-order chi connectivity index (χ1) is 17.7. The van der Waals surface area contributed by atoms with Gasteiger partial charge in [-0.3, -0.25) is 24.6 Å². The molecule has 11 heteroatoms. The molecule has 3 atom stereocenters. The molecule has 0 radical (unpaired) electrons. The fourth-order valence-corrected chi connectivity index (χ4v) is 6.11. The number of nitrogens with zero attached hydrogens (tertiary/aromatic N) is 2. The van der Waals surface area contributed by atoms with E-state index in [1.54, 1.807) is 18.2 Å². The third-order valence-corrected chi connectivity index (χ3v) is 7.77. The zero-order valence-corrected chi connectivity index (χ0v) is 21.4. The maximum atomic E-state index is 13.0. The van der Waals surface area contributed by atoms with Crippen molar-refractivity contribution in [1.29, 1.82) is 0 Å². The van der Waals surface area contributed by atoms with Gasteiger partial charge in [-0.25, -0.2) is 13.1 Å². The van der Waals surface area contributed by atoms with Gasteiger partial charge < -0.3 is 9.64 Å². The standard InChI is InChI=1S/C26H30N4O6S/c1-37(34,35)28-21-11-12-29(14-17-5-3-2-4-6-17)16-23(21)36-19-7-8-20-18(13-19)15-30(26(20)33)22-9-10-24(31)27-25(22)32/h2-8,13,21-23,28H,9-12,14-16H2,1H3,(H,27,31,32). The Morgan fingerprint density at radius 1 is 1.08 bits per heavy atom. The third-order valence-electron chi connectivity index (χ3n) is 7.04. The van der Waals surface area contributed by atoms with Crippen molar-refractivity contribution in [1.82, 2.24) is 19.8 Å². The van der Waals surface area contributed by atoms with Gasteiger partial charge in [0.05, 0.1) is 12.3 Å². The molecule has 0 aromatic heterocycles. The lowest BCUT2D eigenvalue weighted by Gasteiger charge is -2.38. The number of hydrogen-bond acceptors (Lipinski definition) is 7. The van der Waals surface area contributed by atoms with Gasteiger partial charge in [0.25, 0.3) is 5.91 Å². The first kappa shape index (κ1) is 25.4. The summed E-state index contributed by atoms with van der Waals surface area (Å²) in [5.74, 6) is -0.501. The number of benzene rings is 2. The van der Waals surface area contributed by atoms with Crippen LogP contribution in [0.2, 0.25) is 0 Å². The summed E-state index contributed by atoms with van der Waals surface area (Å²) in [6, 6.07) is 14.2. The van der Waals surface area contributed by atoms with Crippen LogP contribution in [0, 0.1) is 0 Å². The van der Waals surface area contributed by atoms with Gasteiger partial charge in [-0.05, 0) is 42.2 Å². The number of amides is 3. The van der Waals surface area contributed by atoms with Crippen molar-refractivity contribution in [2.75, 3.05) is 19.3 Å². The molecule has 3 amide bonds. The predicted molar refractivity (Wildman–Crippen MR) is 135 cm³/mol. The van der Waals surface area contributed by atoms with Crippen LogP contribution in [0.25, 0.3) is 0 Å². The Morgan fingerprint density at radius 2 is 1.86 bits per heavy atom. The second-order valence-corrected chi connectivity index (χ2v) is 11.7. The number of nitrogens with one attached hydrogen (secondary N) is 2. The van der Waals surface area contributed by atoms with Gasteiger partial charge in [0, 0.05) is 38.2 Å². The molecule has 5 rings (SSSR count). The zero-order valence-electron chi connectivity index (χ0n) is 20.6. The molecule has 2 fully saturated rings. The maximum Gasteiger partial charge on any atom is 0.255 e. The van der Waals surface area contributed by atoms with Gasteiger partial charge in [0.2, 0.25) is 21.8 Å². The number of carbonyl (C=O) groups is 3. The molecule has 196 valence electrons. The number of imide groups is 1. The lowest BCUT2D eigenvalue weighted by Crippen LogP contribution is -2.55. The fraction of sp³-hybridized carbons (Fsp3) is 0.423. The number of likely N-dealkylation sites (tertiary alicyclic amines) is 1. The Kier molecular flexibility index (Phi) is 7.02. The van der Waals surface area contributed by atoms with Gasteiger partial charge in [-0.2, -0.15) is 0 Å². The van der Waals surface area contributed by atoms with Gasteiger partial charge in [-0.15, -0.1) is 0 Å². The van der Waals surface area contributed by atoms with Gasteiger partial charge in [0.1, 0.15) is 17.9 Å². The van der Waals surface area contributed by atoms with E-state index in [1.807, 2.05) is 18.2 Å². The molecular weight excluding hydrogens is 496 g/mol. The van der Waals surface area contributed by atoms with E-state index in [4.69, 9.17) is 4.74 Å². The Balaban J connectivity index is 1.32. The molecule has 0 bridgehead atoms. The number of hydrogen-bond donors (Lipinski definition) is 2. The average Bonchev–Trinajstić information content (AvgIpc) is 3.16. The van der Waals surface area contributed by atoms with E-state index < -0.39 is 34.1 Å². The van der Waals surface area contributed by atoms with Gasteiger partial charge in [0.15, 0.2) is 0 Å². The quantitative estimate of drug-likeness (QED) is 0.516. The van der Waals surface area contributed by atoms with Crippen molar-refractivity contribution in [2.45, 2.75) is 50.5 Å². The lowest BCUT2D eigenvalue weighted by atomic mass is 10.0. The number of rotatable bonds is 7. The van der Waals surface area contributed by atoms with Crippen LogP contribution in [-0.4, -0.2) is 73.5 Å². The minimum absolute atomic E-state index is 0.195. The Morgan fingerprint density at radius 3 is 2.59 bits per heavy atom. The zero-order chi connectivity index (χ0) is 26.2. The van der Waals surface area contributed by atoms with Crippen LogP contribution in [-0.2, 0) is 32.7 Å². The summed E-state index contributed by atoms with van der Waals surface area (Å²) in [5.41, 5.74) is 2.40. The molecule has 3 aliphatic rings. The summed E-state index contributed by atoms with van der Waals surface area (Å²) in [4.78, 5) is 40.5. The largest absolute Gasteiger partial charge is 0.487 e. The molecule has 2 saturated heterocycles. The number of piperidine rings is 2. The molecule has 3 unspecified atom stereocenters. The minimum Gasteiger partial charge on any atom is -0.487 e. The van der Waals surface area contributed by atoms with Crippen LogP contribution in [0.15, 0.2) is 48.5 Å². The highest BCUT2D eigenvalue weighted by atomic mass is 32.2. The van der Waals surface area contributed by atoms with Crippen LogP contribution in [0.4, 0.5) is 0 Å². The smallest absolute Gasteiger partial charge is 0.255 e. The van der Waals surface area contributed by atoms with Crippen LogP contribution in [0.3, 0.4) is 0 Å². The highest BCUT2D eigenvalue weighted by molar-refractivity contribution is 7.88. The van der Waals surface area contributed by atoms with E-state index in [1.165, 1.54) is 10.5 Å². The summed E-state index contributed by atoms with van der Waals surface area (Å²) in [6.45, 7) is 2.22. The number of ether oxygens (including phenoxy) is 1. The Bertz CT molecular complexity index is 1320. The van der Waals surface area contributed by atoms with E-state index in [0.29, 0.717) is 30.7 Å². The molecule has 0 saturated carbocycles. The van der Waals surface area contributed by atoms with Gasteiger partial charge >= 0.3 is 0 Å². The molecule has 0 spiro atoms. The van der Waals surface area contributed by atoms with E-state index in [9.17, 15) is 22.8 Å². The molecule has 2 aromatic carbocycles. The van der Waals surface area contributed by atoms with E-state index in [2.05, 4.69) is 27.1 Å². The molecule has 2 N–H and O–H groups in total. The number of carbonyl (C=O) groups excluding carboxylic acids is 3. The Hall–Kier alpha value is -3.28. The molecule has 10 nitrogen and oxygen atoms in total. The molecule has 3 heterocycles. The first-order valence-corrected chi connectivity index (χ1v) is 14.2. The van der Waals surface area contributed by atoms with Crippen molar-refractivity contribution in [3.05, 3.63) is 65.2 Å². The molecule has 0 aliphatic carbocycles. The summed E-state index contributed by atoms with van der Waals surface area (Å²) >= 11 is 0. The lowest BCUT2D eigenvalue weighted by molar-refractivity contribution is -0.136. The fourth-order valence-electron chi connectivity index (χ4n) is 5.29. The van der Waals surface area contributed by atoms with E-state index in [0.717, 1.165) is 24.9 Å². The highest BCUT2D eigenvalue weighted by Gasteiger charge is 2.39. The normalized spacial score (nSPS) is 24.6. The summed E-state index contributed by atoms with van der Waals surface area (Å²) < 4.78 is 33.1. The van der Waals surface area contributed by atoms with Crippen molar-refractivity contribution in [3.8, 4) is 5.75 Å².